The van der Waals surface area contributed by atoms with Gasteiger partial charge < -0.3 is 20.1 Å². The largest absolute Gasteiger partial charge is 0.497 e. The van der Waals surface area contributed by atoms with Crippen LogP contribution >= 0.6 is 11.8 Å². The summed E-state index contributed by atoms with van der Waals surface area (Å²) in [7, 11) is 5.11. The van der Waals surface area contributed by atoms with Crippen LogP contribution in [0.2, 0.25) is 0 Å². The minimum atomic E-state index is 0.0526. The summed E-state index contributed by atoms with van der Waals surface area (Å²) in [6.07, 6.45) is 3.23. The van der Waals surface area contributed by atoms with E-state index in [9.17, 15) is 0 Å². The number of thioether (sulfide) groups is 1. The van der Waals surface area contributed by atoms with Crippen LogP contribution in [0, 0.1) is 0 Å². The van der Waals surface area contributed by atoms with Gasteiger partial charge in [-0.1, -0.05) is 0 Å². The molecule has 6 heteroatoms. The zero-order valence-corrected chi connectivity index (χ0v) is 14.9. The summed E-state index contributed by atoms with van der Waals surface area (Å²) < 4.78 is 10.7. The molecule has 1 atom stereocenters. The van der Waals surface area contributed by atoms with Gasteiger partial charge in [0, 0.05) is 19.2 Å². The van der Waals surface area contributed by atoms with Crippen LogP contribution in [0.15, 0.2) is 23.2 Å². The first-order valence-electron chi connectivity index (χ1n) is 7.34. The van der Waals surface area contributed by atoms with E-state index in [1.54, 1.807) is 21.3 Å². The molecule has 0 spiro atoms. The maximum atomic E-state index is 5.44. The van der Waals surface area contributed by atoms with E-state index in [-0.39, 0.29) is 6.04 Å². The molecule has 0 aliphatic rings. The Morgan fingerprint density at radius 2 is 2.09 bits per heavy atom. The summed E-state index contributed by atoms with van der Waals surface area (Å²) in [5, 5.41) is 6.71. The van der Waals surface area contributed by atoms with Crippen molar-refractivity contribution < 1.29 is 9.47 Å². The molecule has 0 radical (unpaired) electrons. The first-order valence-corrected chi connectivity index (χ1v) is 8.73. The molecule has 0 amide bonds. The number of guanidine groups is 1. The molecule has 0 bridgehead atoms. The Kier molecular flexibility index (Phi) is 8.58. The van der Waals surface area contributed by atoms with Crippen LogP contribution in [0.1, 0.15) is 24.9 Å². The zero-order chi connectivity index (χ0) is 16.4. The second kappa shape index (κ2) is 10.2. The molecule has 1 unspecified atom stereocenters. The molecule has 0 heterocycles. The van der Waals surface area contributed by atoms with Crippen LogP contribution in [-0.4, -0.2) is 45.8 Å². The molecule has 0 saturated carbocycles. The first-order chi connectivity index (χ1) is 10.7. The van der Waals surface area contributed by atoms with Crippen LogP contribution in [0.25, 0.3) is 0 Å². The van der Waals surface area contributed by atoms with E-state index in [1.165, 1.54) is 0 Å². The predicted octanol–water partition coefficient (Wildman–Crippen LogP) is 2.68. The second-order valence-corrected chi connectivity index (χ2v) is 5.80. The van der Waals surface area contributed by atoms with Gasteiger partial charge in [-0.25, -0.2) is 0 Å². The number of nitrogens with one attached hydrogen (secondary N) is 2. The number of nitrogens with zero attached hydrogens (tertiary/aromatic N) is 1. The third-order valence-electron chi connectivity index (χ3n) is 3.30. The summed E-state index contributed by atoms with van der Waals surface area (Å²) in [5.41, 5.74) is 1.04. The average molecular weight is 325 g/mol. The van der Waals surface area contributed by atoms with Gasteiger partial charge in [0.1, 0.15) is 11.5 Å². The highest BCUT2D eigenvalue weighted by Gasteiger charge is 2.14. The van der Waals surface area contributed by atoms with Gasteiger partial charge in [0.2, 0.25) is 0 Å². The van der Waals surface area contributed by atoms with Gasteiger partial charge >= 0.3 is 0 Å². The average Bonchev–Trinajstić information content (AvgIpc) is 2.56. The Hall–Kier alpha value is -1.56. The fourth-order valence-electron chi connectivity index (χ4n) is 2.08. The molecule has 1 aromatic carbocycles. The lowest BCUT2D eigenvalue weighted by molar-refractivity contribution is 0.394. The van der Waals surface area contributed by atoms with E-state index in [0.29, 0.717) is 0 Å². The smallest absolute Gasteiger partial charge is 0.191 e. The van der Waals surface area contributed by atoms with Crippen molar-refractivity contribution in [3.8, 4) is 11.5 Å². The van der Waals surface area contributed by atoms with E-state index in [0.717, 1.165) is 41.7 Å². The van der Waals surface area contributed by atoms with Crippen LogP contribution in [-0.2, 0) is 0 Å². The van der Waals surface area contributed by atoms with Gasteiger partial charge in [-0.3, -0.25) is 4.99 Å². The zero-order valence-electron chi connectivity index (χ0n) is 14.1. The maximum Gasteiger partial charge on any atom is 0.191 e. The fourth-order valence-corrected chi connectivity index (χ4v) is 2.51. The first kappa shape index (κ1) is 18.5. The van der Waals surface area contributed by atoms with Gasteiger partial charge in [-0.2, -0.15) is 11.8 Å². The van der Waals surface area contributed by atoms with Crippen molar-refractivity contribution >= 4 is 17.7 Å². The lowest BCUT2D eigenvalue weighted by Gasteiger charge is -2.20. The third-order valence-corrected chi connectivity index (χ3v) is 3.99. The summed E-state index contributed by atoms with van der Waals surface area (Å²) in [6, 6.07) is 5.85. The SMILES string of the molecule is CN=C(NCCCSC)NC(C)c1cc(OC)ccc1OC. The normalized spacial score (nSPS) is 12.7. The third kappa shape index (κ3) is 5.67. The lowest BCUT2D eigenvalue weighted by Crippen LogP contribution is -2.39. The number of hydrogen-bond donors (Lipinski definition) is 2. The predicted molar refractivity (Wildman–Crippen MR) is 95.5 cm³/mol. The van der Waals surface area contributed by atoms with Crippen LogP contribution in [0.5, 0.6) is 11.5 Å². The molecule has 0 aliphatic heterocycles. The summed E-state index contributed by atoms with van der Waals surface area (Å²) in [6.45, 7) is 2.98. The highest BCUT2D eigenvalue weighted by atomic mass is 32.2. The van der Waals surface area contributed by atoms with Gasteiger partial charge in [0.25, 0.3) is 0 Å². The van der Waals surface area contributed by atoms with Crippen molar-refractivity contribution in [2.75, 3.05) is 39.8 Å². The van der Waals surface area contributed by atoms with Crippen molar-refractivity contribution in [1.29, 1.82) is 0 Å². The Morgan fingerprint density at radius 1 is 1.32 bits per heavy atom. The van der Waals surface area contributed by atoms with E-state index in [4.69, 9.17) is 9.47 Å². The molecular formula is C16H27N3O2S. The van der Waals surface area contributed by atoms with E-state index < -0.39 is 0 Å². The molecule has 5 nitrogen and oxygen atoms in total. The molecule has 0 aromatic heterocycles. The second-order valence-electron chi connectivity index (χ2n) is 4.82. The number of methoxy groups -OCH3 is 2. The van der Waals surface area contributed by atoms with Crippen LogP contribution in [0.3, 0.4) is 0 Å². The van der Waals surface area contributed by atoms with Gasteiger partial charge in [-0.05, 0) is 43.6 Å². The van der Waals surface area contributed by atoms with Gasteiger partial charge in [0.15, 0.2) is 5.96 Å². The fraction of sp³-hybridized carbons (Fsp3) is 0.562. The van der Waals surface area contributed by atoms with E-state index in [2.05, 4.69) is 28.8 Å². The van der Waals surface area contributed by atoms with Crippen LogP contribution < -0.4 is 20.1 Å². The number of benzene rings is 1. The van der Waals surface area contributed by atoms with Crippen LogP contribution in [0.4, 0.5) is 0 Å². The van der Waals surface area contributed by atoms with Crippen molar-refractivity contribution in [3.63, 3.8) is 0 Å². The highest BCUT2D eigenvalue weighted by Crippen LogP contribution is 2.29. The monoisotopic (exact) mass is 325 g/mol. The summed E-state index contributed by atoms with van der Waals surface area (Å²) in [5.74, 6) is 3.58. The quantitative estimate of drug-likeness (QED) is 0.437. The van der Waals surface area contributed by atoms with Crippen molar-refractivity contribution in [1.82, 2.24) is 10.6 Å². The Morgan fingerprint density at radius 3 is 2.68 bits per heavy atom. The van der Waals surface area contributed by atoms with Crippen molar-refractivity contribution in [2.24, 2.45) is 4.99 Å². The summed E-state index contributed by atoms with van der Waals surface area (Å²) >= 11 is 1.85. The molecule has 22 heavy (non-hydrogen) atoms. The topological polar surface area (TPSA) is 54.9 Å². The minimum absolute atomic E-state index is 0.0526. The number of aliphatic imine (C=N–C) groups is 1. The van der Waals surface area contributed by atoms with Gasteiger partial charge in [0.05, 0.1) is 20.3 Å². The lowest BCUT2D eigenvalue weighted by atomic mass is 10.1. The Balaban J connectivity index is 2.71. The van der Waals surface area contributed by atoms with Gasteiger partial charge in [-0.15, -0.1) is 0 Å². The number of hydrogen-bond acceptors (Lipinski definition) is 4. The summed E-state index contributed by atoms with van der Waals surface area (Å²) in [4.78, 5) is 4.26. The minimum Gasteiger partial charge on any atom is -0.497 e. The van der Waals surface area contributed by atoms with E-state index >= 15 is 0 Å². The molecule has 1 aromatic rings. The molecule has 0 saturated heterocycles. The molecule has 1 rings (SSSR count). The molecule has 0 aliphatic carbocycles. The van der Waals surface area contributed by atoms with E-state index in [1.807, 2.05) is 30.0 Å². The van der Waals surface area contributed by atoms with Crippen molar-refractivity contribution in [2.45, 2.75) is 19.4 Å². The molecule has 124 valence electrons. The Bertz CT molecular complexity index is 480. The van der Waals surface area contributed by atoms with Crippen molar-refractivity contribution in [3.05, 3.63) is 23.8 Å². The highest BCUT2D eigenvalue weighted by molar-refractivity contribution is 7.98. The molecule has 0 fully saturated rings. The number of rotatable bonds is 8. The standard InChI is InChI=1S/C16H27N3O2S/c1-12(19-16(17-2)18-9-6-10-22-5)14-11-13(20-3)7-8-15(14)21-4/h7-8,11-12H,6,9-10H2,1-5H3,(H2,17,18,19). The molecule has 2 N–H and O–H groups in total. The molecular weight excluding hydrogens is 298 g/mol. The number of ether oxygens (including phenoxy) is 2. The maximum absolute atomic E-state index is 5.44. The Labute approximate surface area is 137 Å².